The van der Waals surface area contributed by atoms with Gasteiger partial charge in [-0.05, 0) is 60.6 Å². The van der Waals surface area contributed by atoms with E-state index in [-0.39, 0.29) is 23.3 Å². The molecule has 1 aliphatic carbocycles. The van der Waals surface area contributed by atoms with Crippen molar-refractivity contribution in [2.45, 2.75) is 49.5 Å². The van der Waals surface area contributed by atoms with Crippen LogP contribution in [-0.2, 0) is 21.2 Å². The van der Waals surface area contributed by atoms with Gasteiger partial charge in [-0.1, -0.05) is 48.7 Å². The Morgan fingerprint density at radius 3 is 2.25 bits per heavy atom. The lowest BCUT2D eigenvalue weighted by molar-refractivity contribution is -0.136. The molecule has 0 spiro atoms. The number of carboxylic acid groups (broad SMARTS) is 1. The number of aryl methyl sites for hydroxylation is 1. The van der Waals surface area contributed by atoms with Gasteiger partial charge in [-0.25, -0.2) is 13.1 Å². The zero-order valence-electron chi connectivity index (χ0n) is 15.5. The number of nitrogens with one attached hydrogen (secondary N) is 1. The summed E-state index contributed by atoms with van der Waals surface area (Å²) < 4.78 is 28.7. The molecule has 2 N–H and O–H groups in total. The van der Waals surface area contributed by atoms with E-state index in [1.165, 1.54) is 12.1 Å². The molecule has 2 aromatic rings. The van der Waals surface area contributed by atoms with Crippen molar-refractivity contribution < 1.29 is 18.3 Å². The quantitative estimate of drug-likeness (QED) is 0.654. The Morgan fingerprint density at radius 1 is 1.07 bits per heavy atom. The molecule has 3 rings (SSSR count). The second kappa shape index (κ2) is 9.07. The molecule has 0 radical (unpaired) electrons. The number of carboxylic acids is 1. The number of rotatable bonds is 8. The maximum Gasteiger partial charge on any atom is 0.303 e. The Bertz CT molecular complexity index is 904. The van der Waals surface area contributed by atoms with Crippen LogP contribution in [0.1, 0.15) is 49.3 Å². The molecule has 28 heavy (non-hydrogen) atoms. The molecule has 0 aromatic heterocycles. The predicted molar refractivity (Wildman–Crippen MR) is 109 cm³/mol. The van der Waals surface area contributed by atoms with Gasteiger partial charge in [0.25, 0.3) is 0 Å². The van der Waals surface area contributed by atoms with Crippen LogP contribution < -0.4 is 4.72 Å². The summed E-state index contributed by atoms with van der Waals surface area (Å²) in [5.74, 6) is -0.587. The SMILES string of the molecule is O=C(O)CCc1ccc(C(NS(=O)(=O)c2ccc(Cl)cc2)C2CCCC2)cc1. The highest BCUT2D eigenvalue weighted by Gasteiger charge is 2.30. The van der Waals surface area contributed by atoms with Gasteiger partial charge < -0.3 is 5.11 Å². The number of sulfonamides is 1. The van der Waals surface area contributed by atoms with Crippen molar-refractivity contribution in [1.29, 1.82) is 0 Å². The average Bonchev–Trinajstić information content (AvgIpc) is 3.20. The highest BCUT2D eigenvalue weighted by Crippen LogP contribution is 2.37. The number of carbonyl (C=O) groups is 1. The van der Waals surface area contributed by atoms with Gasteiger partial charge in [0.15, 0.2) is 0 Å². The average molecular weight is 422 g/mol. The topological polar surface area (TPSA) is 83.5 Å². The summed E-state index contributed by atoms with van der Waals surface area (Å²) in [6.07, 6.45) is 4.69. The summed E-state index contributed by atoms with van der Waals surface area (Å²) in [5, 5.41) is 9.32. The Hall–Kier alpha value is -1.89. The maximum absolute atomic E-state index is 12.9. The number of aliphatic carboxylic acids is 1. The monoisotopic (exact) mass is 421 g/mol. The van der Waals surface area contributed by atoms with Gasteiger partial charge in [0.2, 0.25) is 10.0 Å². The third kappa shape index (κ3) is 5.34. The standard InChI is InChI=1S/C21H24ClNO4S/c22-18-10-12-19(13-11-18)28(26,27)23-21(16-3-1-2-4-16)17-8-5-15(6-9-17)7-14-20(24)25/h5-6,8-13,16,21,23H,1-4,7,14H2,(H,24,25). The number of hydrogen-bond acceptors (Lipinski definition) is 3. The molecule has 5 nitrogen and oxygen atoms in total. The van der Waals surface area contributed by atoms with Gasteiger partial charge in [0.1, 0.15) is 0 Å². The van der Waals surface area contributed by atoms with Crippen molar-refractivity contribution in [2.75, 3.05) is 0 Å². The largest absolute Gasteiger partial charge is 0.481 e. The van der Waals surface area contributed by atoms with Crippen LogP contribution in [0.5, 0.6) is 0 Å². The minimum Gasteiger partial charge on any atom is -0.481 e. The van der Waals surface area contributed by atoms with Crippen LogP contribution in [-0.4, -0.2) is 19.5 Å². The minimum atomic E-state index is -3.68. The lowest BCUT2D eigenvalue weighted by Gasteiger charge is -2.25. The fourth-order valence-electron chi connectivity index (χ4n) is 3.72. The van der Waals surface area contributed by atoms with Gasteiger partial charge in [0.05, 0.1) is 4.90 Å². The first-order chi connectivity index (χ1) is 13.3. The number of benzene rings is 2. The third-order valence-corrected chi connectivity index (χ3v) is 6.95. The molecule has 0 saturated heterocycles. The summed E-state index contributed by atoms with van der Waals surface area (Å²) in [7, 11) is -3.68. The van der Waals surface area contributed by atoms with E-state index in [1.807, 2.05) is 24.3 Å². The summed E-state index contributed by atoms with van der Waals surface area (Å²) in [6.45, 7) is 0. The smallest absolute Gasteiger partial charge is 0.303 e. The highest BCUT2D eigenvalue weighted by molar-refractivity contribution is 7.89. The Morgan fingerprint density at radius 2 is 1.68 bits per heavy atom. The van der Waals surface area contributed by atoms with Crippen LogP contribution in [0.4, 0.5) is 0 Å². The molecular weight excluding hydrogens is 398 g/mol. The maximum atomic E-state index is 12.9. The van der Waals surface area contributed by atoms with E-state index in [2.05, 4.69) is 4.72 Å². The van der Waals surface area contributed by atoms with E-state index < -0.39 is 16.0 Å². The summed E-state index contributed by atoms with van der Waals surface area (Å²) in [6, 6.07) is 13.4. The van der Waals surface area contributed by atoms with Crippen LogP contribution in [0, 0.1) is 5.92 Å². The normalized spacial score (nSPS) is 16.2. The Labute approximate surface area is 170 Å². The van der Waals surface area contributed by atoms with E-state index in [1.54, 1.807) is 12.1 Å². The molecule has 2 aromatic carbocycles. The molecule has 150 valence electrons. The van der Waals surface area contributed by atoms with Crippen molar-refractivity contribution in [3.05, 3.63) is 64.7 Å². The van der Waals surface area contributed by atoms with E-state index in [0.29, 0.717) is 11.4 Å². The number of hydrogen-bond donors (Lipinski definition) is 2. The van der Waals surface area contributed by atoms with Crippen LogP contribution >= 0.6 is 11.6 Å². The van der Waals surface area contributed by atoms with Crippen molar-refractivity contribution in [1.82, 2.24) is 4.72 Å². The molecule has 1 fully saturated rings. The lowest BCUT2D eigenvalue weighted by atomic mass is 9.91. The minimum absolute atomic E-state index is 0.0780. The number of halogens is 1. The fraction of sp³-hybridized carbons (Fsp3) is 0.381. The molecule has 1 aliphatic rings. The van der Waals surface area contributed by atoms with Crippen molar-refractivity contribution >= 4 is 27.6 Å². The van der Waals surface area contributed by atoms with Crippen LogP contribution in [0.15, 0.2) is 53.4 Å². The molecule has 0 heterocycles. The van der Waals surface area contributed by atoms with E-state index in [9.17, 15) is 13.2 Å². The Kier molecular flexibility index (Phi) is 6.75. The van der Waals surface area contributed by atoms with Crippen LogP contribution in [0.2, 0.25) is 5.02 Å². The first-order valence-electron chi connectivity index (χ1n) is 9.44. The predicted octanol–water partition coefficient (Wildman–Crippen LogP) is 4.57. The molecular formula is C21H24ClNO4S. The summed E-state index contributed by atoms with van der Waals surface area (Å²) in [5.41, 5.74) is 1.83. The van der Waals surface area contributed by atoms with E-state index >= 15 is 0 Å². The molecule has 1 unspecified atom stereocenters. The summed E-state index contributed by atoms with van der Waals surface area (Å²) >= 11 is 5.88. The van der Waals surface area contributed by atoms with Crippen molar-refractivity contribution in [3.8, 4) is 0 Å². The molecule has 7 heteroatoms. The van der Waals surface area contributed by atoms with Gasteiger partial charge in [-0.15, -0.1) is 0 Å². The van der Waals surface area contributed by atoms with Gasteiger partial charge in [0, 0.05) is 17.5 Å². The molecule has 0 bridgehead atoms. The molecule has 1 saturated carbocycles. The zero-order valence-corrected chi connectivity index (χ0v) is 17.0. The van der Waals surface area contributed by atoms with Crippen LogP contribution in [0.3, 0.4) is 0 Å². The third-order valence-electron chi connectivity index (χ3n) is 5.24. The molecule has 0 amide bonds. The summed E-state index contributed by atoms with van der Waals surface area (Å²) in [4.78, 5) is 10.9. The zero-order chi connectivity index (χ0) is 20.1. The fourth-order valence-corrected chi connectivity index (χ4v) is 5.14. The van der Waals surface area contributed by atoms with E-state index in [4.69, 9.17) is 16.7 Å². The van der Waals surface area contributed by atoms with Crippen molar-refractivity contribution in [3.63, 3.8) is 0 Å². The van der Waals surface area contributed by atoms with Gasteiger partial charge in [-0.3, -0.25) is 4.79 Å². The van der Waals surface area contributed by atoms with E-state index in [0.717, 1.165) is 36.8 Å². The first kappa shape index (κ1) is 20.8. The molecule has 1 atom stereocenters. The first-order valence-corrected chi connectivity index (χ1v) is 11.3. The second-order valence-electron chi connectivity index (χ2n) is 7.23. The lowest BCUT2D eigenvalue weighted by Crippen LogP contribution is -2.32. The van der Waals surface area contributed by atoms with Gasteiger partial charge >= 0.3 is 5.97 Å². The van der Waals surface area contributed by atoms with Crippen LogP contribution in [0.25, 0.3) is 0 Å². The highest BCUT2D eigenvalue weighted by atomic mass is 35.5. The van der Waals surface area contributed by atoms with Gasteiger partial charge in [-0.2, -0.15) is 0 Å². The Balaban J connectivity index is 1.83. The molecule has 0 aliphatic heterocycles. The second-order valence-corrected chi connectivity index (χ2v) is 9.38. The van der Waals surface area contributed by atoms with Crippen molar-refractivity contribution in [2.24, 2.45) is 5.92 Å².